The van der Waals surface area contributed by atoms with Crippen LogP contribution in [0, 0.1) is 5.92 Å². The number of aromatic nitrogens is 1. The van der Waals surface area contributed by atoms with Crippen LogP contribution in [0.25, 0.3) is 0 Å². The van der Waals surface area contributed by atoms with E-state index in [-0.39, 0.29) is 30.4 Å². The molecule has 2 aromatic rings. The Bertz CT molecular complexity index is 926. The fourth-order valence-electron chi connectivity index (χ4n) is 4.04. The van der Waals surface area contributed by atoms with Gasteiger partial charge in [0.1, 0.15) is 5.82 Å². The minimum atomic E-state index is -0.398. The fraction of sp³-hybridized carbons (Fsp3) is 0.409. The van der Waals surface area contributed by atoms with Crippen molar-refractivity contribution in [3.05, 3.63) is 47.1 Å². The number of carbonyl (C=O) groups is 2. The number of rotatable bonds is 4. The van der Waals surface area contributed by atoms with Gasteiger partial charge in [0.25, 0.3) is 0 Å². The number of hydrogen-bond acceptors (Lipinski definition) is 5. The Morgan fingerprint density at radius 1 is 1.13 bits per heavy atom. The molecule has 2 fully saturated rings. The third-order valence-corrected chi connectivity index (χ3v) is 6.07. The van der Waals surface area contributed by atoms with Crippen molar-refractivity contribution in [1.29, 1.82) is 0 Å². The lowest BCUT2D eigenvalue weighted by atomic mass is 10.1. The molecule has 30 heavy (non-hydrogen) atoms. The van der Waals surface area contributed by atoms with Gasteiger partial charge in [-0.1, -0.05) is 12.1 Å². The number of para-hydroxylation sites is 1. The molecule has 3 heterocycles. The standard InChI is InChI=1S/C22H25BrN4O3/c1-14-11-26(12-15(2)30-14)20-8-7-17(10-24-20)25-22(29)16-9-21(28)27(13-16)19-6-4-3-5-18(19)23/h3-8,10,14-16H,9,11-13H2,1-2H3,(H,25,29). The second-order valence-electron chi connectivity index (χ2n) is 7.91. The Balaban J connectivity index is 1.38. The number of benzene rings is 1. The summed E-state index contributed by atoms with van der Waals surface area (Å²) in [6.07, 6.45) is 2.17. The highest BCUT2D eigenvalue weighted by Crippen LogP contribution is 2.31. The molecule has 0 aliphatic carbocycles. The minimum Gasteiger partial charge on any atom is -0.372 e. The number of nitrogens with zero attached hydrogens (tertiary/aromatic N) is 3. The van der Waals surface area contributed by atoms with E-state index in [0.29, 0.717) is 12.2 Å². The van der Waals surface area contributed by atoms with Gasteiger partial charge in [-0.25, -0.2) is 4.98 Å². The van der Waals surface area contributed by atoms with Crippen LogP contribution in [-0.4, -0.2) is 48.6 Å². The monoisotopic (exact) mass is 472 g/mol. The summed E-state index contributed by atoms with van der Waals surface area (Å²) in [5.74, 6) is 0.253. The maximum absolute atomic E-state index is 12.7. The van der Waals surface area contributed by atoms with Gasteiger partial charge in [0.15, 0.2) is 0 Å². The van der Waals surface area contributed by atoms with E-state index in [1.807, 2.05) is 36.4 Å². The van der Waals surface area contributed by atoms with Crippen molar-refractivity contribution in [1.82, 2.24) is 4.98 Å². The number of anilines is 3. The molecule has 3 unspecified atom stereocenters. The van der Waals surface area contributed by atoms with Gasteiger partial charge in [0, 0.05) is 30.5 Å². The van der Waals surface area contributed by atoms with Crippen molar-refractivity contribution in [3.63, 3.8) is 0 Å². The Kier molecular flexibility index (Phi) is 6.06. The number of morpholine rings is 1. The Labute approximate surface area is 184 Å². The minimum absolute atomic E-state index is 0.0499. The average molecular weight is 473 g/mol. The van der Waals surface area contributed by atoms with E-state index in [1.165, 1.54) is 0 Å². The molecule has 1 aromatic carbocycles. The van der Waals surface area contributed by atoms with Crippen LogP contribution in [0.2, 0.25) is 0 Å². The van der Waals surface area contributed by atoms with Gasteiger partial charge in [0.2, 0.25) is 11.8 Å². The second-order valence-corrected chi connectivity index (χ2v) is 8.77. The lowest BCUT2D eigenvalue weighted by molar-refractivity contribution is -0.122. The van der Waals surface area contributed by atoms with Crippen molar-refractivity contribution in [2.24, 2.45) is 5.92 Å². The van der Waals surface area contributed by atoms with Crippen molar-refractivity contribution >= 4 is 44.9 Å². The van der Waals surface area contributed by atoms with Gasteiger partial charge in [-0.15, -0.1) is 0 Å². The highest BCUT2D eigenvalue weighted by molar-refractivity contribution is 9.10. The molecule has 2 aliphatic rings. The number of halogens is 1. The molecule has 3 atom stereocenters. The van der Waals surface area contributed by atoms with E-state index in [9.17, 15) is 9.59 Å². The van der Waals surface area contributed by atoms with Crippen molar-refractivity contribution in [2.45, 2.75) is 32.5 Å². The van der Waals surface area contributed by atoms with Crippen LogP contribution in [0.5, 0.6) is 0 Å². The van der Waals surface area contributed by atoms with E-state index < -0.39 is 5.92 Å². The van der Waals surface area contributed by atoms with Crippen LogP contribution in [0.4, 0.5) is 17.2 Å². The summed E-state index contributed by atoms with van der Waals surface area (Å²) in [6, 6.07) is 11.3. The number of ether oxygens (including phenoxy) is 1. The summed E-state index contributed by atoms with van der Waals surface area (Å²) >= 11 is 3.48. The van der Waals surface area contributed by atoms with Gasteiger partial charge in [0.05, 0.1) is 35.7 Å². The van der Waals surface area contributed by atoms with Gasteiger partial charge in [-0.2, -0.15) is 0 Å². The van der Waals surface area contributed by atoms with Crippen molar-refractivity contribution in [2.75, 3.05) is 34.8 Å². The highest BCUT2D eigenvalue weighted by Gasteiger charge is 2.35. The molecule has 2 amide bonds. The molecule has 0 spiro atoms. The quantitative estimate of drug-likeness (QED) is 0.737. The predicted molar refractivity (Wildman–Crippen MR) is 120 cm³/mol. The van der Waals surface area contributed by atoms with E-state index in [4.69, 9.17) is 4.74 Å². The van der Waals surface area contributed by atoms with E-state index in [0.717, 1.165) is 29.1 Å². The third-order valence-electron chi connectivity index (χ3n) is 5.40. The number of nitrogens with one attached hydrogen (secondary N) is 1. The number of hydrogen-bond donors (Lipinski definition) is 1. The van der Waals surface area contributed by atoms with Gasteiger partial charge >= 0.3 is 0 Å². The Hall–Kier alpha value is -2.45. The summed E-state index contributed by atoms with van der Waals surface area (Å²) in [6.45, 7) is 6.05. The molecule has 2 saturated heterocycles. The summed E-state index contributed by atoms with van der Waals surface area (Å²) < 4.78 is 6.61. The highest BCUT2D eigenvalue weighted by atomic mass is 79.9. The summed E-state index contributed by atoms with van der Waals surface area (Å²) in [5.41, 5.74) is 1.42. The fourth-order valence-corrected chi connectivity index (χ4v) is 4.54. The van der Waals surface area contributed by atoms with Crippen molar-refractivity contribution < 1.29 is 14.3 Å². The normalized spacial score (nSPS) is 24.2. The van der Waals surface area contributed by atoms with Crippen LogP contribution in [0.15, 0.2) is 47.1 Å². The average Bonchev–Trinajstić information content (AvgIpc) is 3.10. The first-order valence-corrected chi connectivity index (χ1v) is 10.9. The van der Waals surface area contributed by atoms with Crippen LogP contribution in [0.1, 0.15) is 20.3 Å². The van der Waals surface area contributed by atoms with E-state index >= 15 is 0 Å². The molecule has 1 N–H and O–H groups in total. The predicted octanol–water partition coefficient (Wildman–Crippen LogP) is 3.45. The first-order chi connectivity index (χ1) is 14.4. The summed E-state index contributed by atoms with van der Waals surface area (Å²) in [7, 11) is 0. The molecular weight excluding hydrogens is 448 g/mol. The summed E-state index contributed by atoms with van der Waals surface area (Å²) in [5, 5.41) is 2.90. The zero-order valence-corrected chi connectivity index (χ0v) is 18.6. The molecule has 2 aliphatic heterocycles. The maximum Gasteiger partial charge on any atom is 0.229 e. The van der Waals surface area contributed by atoms with E-state index in [1.54, 1.807) is 11.1 Å². The lowest BCUT2D eigenvalue weighted by Gasteiger charge is -2.36. The SMILES string of the molecule is CC1CN(c2ccc(NC(=O)C3CC(=O)N(c4ccccc4Br)C3)cn2)CC(C)O1. The van der Waals surface area contributed by atoms with Crippen LogP contribution in [0.3, 0.4) is 0 Å². The zero-order valence-electron chi connectivity index (χ0n) is 17.0. The molecule has 4 rings (SSSR count). The Morgan fingerprint density at radius 3 is 2.53 bits per heavy atom. The van der Waals surface area contributed by atoms with Crippen molar-refractivity contribution in [3.8, 4) is 0 Å². The van der Waals surface area contributed by atoms with Gasteiger partial charge in [-0.05, 0) is 54.0 Å². The van der Waals surface area contributed by atoms with Crippen LogP contribution in [-0.2, 0) is 14.3 Å². The summed E-state index contributed by atoms with van der Waals surface area (Å²) in [4.78, 5) is 33.6. The topological polar surface area (TPSA) is 74.8 Å². The van der Waals surface area contributed by atoms with Gasteiger partial charge in [-0.3, -0.25) is 9.59 Å². The number of pyridine rings is 1. The molecule has 0 saturated carbocycles. The Morgan fingerprint density at radius 2 is 1.87 bits per heavy atom. The molecule has 8 heteroatoms. The van der Waals surface area contributed by atoms with Crippen LogP contribution < -0.4 is 15.1 Å². The smallest absolute Gasteiger partial charge is 0.229 e. The maximum atomic E-state index is 12.7. The van der Waals surface area contributed by atoms with Crippen LogP contribution >= 0.6 is 15.9 Å². The first kappa shape index (κ1) is 20.8. The van der Waals surface area contributed by atoms with E-state index in [2.05, 4.69) is 45.0 Å². The third kappa shape index (κ3) is 4.49. The molecule has 0 bridgehead atoms. The molecule has 1 aromatic heterocycles. The first-order valence-electron chi connectivity index (χ1n) is 10.1. The zero-order chi connectivity index (χ0) is 21.3. The molecule has 7 nitrogen and oxygen atoms in total. The largest absolute Gasteiger partial charge is 0.372 e. The number of carbonyl (C=O) groups excluding carboxylic acids is 2. The molecule has 0 radical (unpaired) electrons. The van der Waals surface area contributed by atoms with Gasteiger partial charge < -0.3 is 19.9 Å². The molecule has 158 valence electrons. The number of amides is 2. The second kappa shape index (κ2) is 8.73. The lowest BCUT2D eigenvalue weighted by Crippen LogP contribution is -2.45. The molecular formula is C22H25BrN4O3.